The lowest BCUT2D eigenvalue weighted by Gasteiger charge is -2.06. The standard InChI is InChI=1S/C13H17NO2/c1-2-16-9-8-14-7-6-12-11(10-15)4-3-5-13(12)14/h3-7,15H,2,8-10H2,1H3. The Balaban J connectivity index is 2.27. The van der Waals surface area contributed by atoms with Crippen LogP contribution >= 0.6 is 0 Å². The largest absolute Gasteiger partial charge is 0.392 e. The quantitative estimate of drug-likeness (QED) is 0.782. The Morgan fingerprint density at radius 3 is 2.94 bits per heavy atom. The molecule has 2 rings (SSSR count). The summed E-state index contributed by atoms with van der Waals surface area (Å²) in [5, 5.41) is 10.4. The molecule has 16 heavy (non-hydrogen) atoms. The smallest absolute Gasteiger partial charge is 0.0688 e. The van der Waals surface area contributed by atoms with E-state index >= 15 is 0 Å². The minimum Gasteiger partial charge on any atom is -0.392 e. The molecule has 1 aromatic heterocycles. The molecule has 0 amide bonds. The monoisotopic (exact) mass is 219 g/mol. The van der Waals surface area contributed by atoms with Crippen LogP contribution in [0.5, 0.6) is 0 Å². The van der Waals surface area contributed by atoms with E-state index in [4.69, 9.17) is 4.74 Å². The highest BCUT2D eigenvalue weighted by molar-refractivity contribution is 5.83. The van der Waals surface area contributed by atoms with Crippen molar-refractivity contribution >= 4 is 10.9 Å². The highest BCUT2D eigenvalue weighted by Gasteiger charge is 2.04. The molecular formula is C13H17NO2. The van der Waals surface area contributed by atoms with E-state index < -0.39 is 0 Å². The van der Waals surface area contributed by atoms with Crippen LogP contribution in [0.4, 0.5) is 0 Å². The number of hydrogen-bond donors (Lipinski definition) is 1. The number of aromatic nitrogens is 1. The molecule has 0 bridgehead atoms. The Labute approximate surface area is 95.3 Å². The fourth-order valence-electron chi connectivity index (χ4n) is 1.93. The number of fused-ring (bicyclic) bond motifs is 1. The molecule has 0 spiro atoms. The van der Waals surface area contributed by atoms with Crippen molar-refractivity contribution in [2.45, 2.75) is 20.1 Å². The Morgan fingerprint density at radius 1 is 1.31 bits per heavy atom. The average Bonchev–Trinajstić information content (AvgIpc) is 2.73. The molecule has 3 heteroatoms. The van der Waals surface area contributed by atoms with Gasteiger partial charge in [-0.15, -0.1) is 0 Å². The number of aliphatic hydroxyl groups excluding tert-OH is 1. The lowest BCUT2D eigenvalue weighted by atomic mass is 10.1. The minimum atomic E-state index is 0.0901. The van der Waals surface area contributed by atoms with E-state index in [-0.39, 0.29) is 6.61 Å². The SMILES string of the molecule is CCOCCn1ccc2c(CO)cccc21. The van der Waals surface area contributed by atoms with E-state index in [1.54, 1.807) is 0 Å². The van der Waals surface area contributed by atoms with Crippen molar-refractivity contribution in [2.75, 3.05) is 13.2 Å². The topological polar surface area (TPSA) is 34.4 Å². The van der Waals surface area contributed by atoms with Gasteiger partial charge in [-0.05, 0) is 24.6 Å². The van der Waals surface area contributed by atoms with Gasteiger partial charge in [0.1, 0.15) is 0 Å². The molecule has 0 aliphatic heterocycles. The molecule has 86 valence electrons. The highest BCUT2D eigenvalue weighted by Crippen LogP contribution is 2.20. The summed E-state index contributed by atoms with van der Waals surface area (Å²) in [7, 11) is 0. The third kappa shape index (κ3) is 2.10. The van der Waals surface area contributed by atoms with Crippen LogP contribution in [-0.2, 0) is 17.9 Å². The number of hydrogen-bond acceptors (Lipinski definition) is 2. The van der Waals surface area contributed by atoms with Gasteiger partial charge in [-0.25, -0.2) is 0 Å². The zero-order chi connectivity index (χ0) is 11.4. The molecule has 1 aromatic carbocycles. The van der Waals surface area contributed by atoms with Crippen molar-refractivity contribution in [3.05, 3.63) is 36.0 Å². The van der Waals surface area contributed by atoms with Gasteiger partial charge in [-0.2, -0.15) is 0 Å². The predicted octanol–water partition coefficient (Wildman–Crippen LogP) is 2.17. The Hall–Kier alpha value is -1.32. The number of aliphatic hydroxyl groups is 1. The van der Waals surface area contributed by atoms with Crippen molar-refractivity contribution in [1.29, 1.82) is 0 Å². The van der Waals surface area contributed by atoms with Crippen molar-refractivity contribution in [1.82, 2.24) is 4.57 Å². The third-order valence-corrected chi connectivity index (χ3v) is 2.75. The summed E-state index contributed by atoms with van der Waals surface area (Å²) in [6.07, 6.45) is 2.04. The molecule has 0 unspecified atom stereocenters. The Bertz CT molecular complexity index is 462. The van der Waals surface area contributed by atoms with Gasteiger partial charge >= 0.3 is 0 Å². The van der Waals surface area contributed by atoms with Crippen molar-refractivity contribution < 1.29 is 9.84 Å². The summed E-state index contributed by atoms with van der Waals surface area (Å²) < 4.78 is 7.50. The van der Waals surface area contributed by atoms with Crippen LogP contribution in [0.15, 0.2) is 30.5 Å². The lowest BCUT2D eigenvalue weighted by Crippen LogP contribution is -2.04. The fraction of sp³-hybridized carbons (Fsp3) is 0.385. The van der Waals surface area contributed by atoms with Gasteiger partial charge in [0.05, 0.1) is 13.2 Å². The normalized spacial score (nSPS) is 11.1. The summed E-state index contributed by atoms with van der Waals surface area (Å²) in [6, 6.07) is 8.05. The van der Waals surface area contributed by atoms with Crippen LogP contribution in [0, 0.1) is 0 Å². The second kappa shape index (κ2) is 5.14. The summed E-state index contributed by atoms with van der Waals surface area (Å²) in [5.74, 6) is 0. The maximum atomic E-state index is 9.23. The van der Waals surface area contributed by atoms with E-state index in [1.807, 2.05) is 31.3 Å². The van der Waals surface area contributed by atoms with E-state index in [0.29, 0.717) is 0 Å². The van der Waals surface area contributed by atoms with Crippen LogP contribution in [0.25, 0.3) is 10.9 Å². The van der Waals surface area contributed by atoms with E-state index in [0.717, 1.165) is 36.2 Å². The van der Waals surface area contributed by atoms with Gasteiger partial charge in [-0.1, -0.05) is 12.1 Å². The number of nitrogens with zero attached hydrogens (tertiary/aromatic N) is 1. The van der Waals surface area contributed by atoms with E-state index in [9.17, 15) is 5.11 Å². The third-order valence-electron chi connectivity index (χ3n) is 2.75. The zero-order valence-corrected chi connectivity index (χ0v) is 9.52. The summed E-state index contributed by atoms with van der Waals surface area (Å²) >= 11 is 0. The fourth-order valence-corrected chi connectivity index (χ4v) is 1.93. The maximum Gasteiger partial charge on any atom is 0.0688 e. The molecule has 2 aromatic rings. The predicted molar refractivity (Wildman–Crippen MR) is 64.4 cm³/mol. The van der Waals surface area contributed by atoms with Gasteiger partial charge in [-0.3, -0.25) is 0 Å². The molecule has 0 aliphatic rings. The Morgan fingerprint density at radius 2 is 2.19 bits per heavy atom. The summed E-state index contributed by atoms with van der Waals surface area (Å²) in [5.41, 5.74) is 2.14. The highest BCUT2D eigenvalue weighted by atomic mass is 16.5. The Kier molecular flexibility index (Phi) is 3.59. The van der Waals surface area contributed by atoms with E-state index in [2.05, 4.69) is 10.6 Å². The molecule has 0 saturated heterocycles. The second-order valence-electron chi connectivity index (χ2n) is 3.71. The molecule has 0 aliphatic carbocycles. The molecule has 1 heterocycles. The number of rotatable bonds is 5. The molecule has 1 N–H and O–H groups in total. The van der Waals surface area contributed by atoms with Gasteiger partial charge in [0.2, 0.25) is 0 Å². The number of ether oxygens (including phenoxy) is 1. The summed E-state index contributed by atoms with van der Waals surface area (Å²) in [4.78, 5) is 0. The molecular weight excluding hydrogens is 202 g/mol. The van der Waals surface area contributed by atoms with Crippen LogP contribution in [-0.4, -0.2) is 22.9 Å². The van der Waals surface area contributed by atoms with Crippen LogP contribution in [0.3, 0.4) is 0 Å². The molecule has 0 saturated carbocycles. The van der Waals surface area contributed by atoms with Gasteiger partial charge < -0.3 is 14.4 Å². The molecule has 0 atom stereocenters. The molecule has 3 nitrogen and oxygen atoms in total. The summed E-state index contributed by atoms with van der Waals surface area (Å²) in [6.45, 7) is 4.42. The lowest BCUT2D eigenvalue weighted by molar-refractivity contribution is 0.140. The van der Waals surface area contributed by atoms with Crippen LogP contribution in [0.1, 0.15) is 12.5 Å². The minimum absolute atomic E-state index is 0.0901. The first-order chi connectivity index (χ1) is 7.86. The van der Waals surface area contributed by atoms with Crippen LogP contribution in [0.2, 0.25) is 0 Å². The first kappa shape index (κ1) is 11.2. The van der Waals surface area contributed by atoms with Crippen LogP contribution < -0.4 is 0 Å². The van der Waals surface area contributed by atoms with Crippen molar-refractivity contribution in [3.63, 3.8) is 0 Å². The second-order valence-corrected chi connectivity index (χ2v) is 3.71. The van der Waals surface area contributed by atoms with E-state index in [1.165, 1.54) is 0 Å². The van der Waals surface area contributed by atoms with Crippen molar-refractivity contribution in [2.24, 2.45) is 0 Å². The molecule has 0 fully saturated rings. The van der Waals surface area contributed by atoms with Gasteiger partial charge in [0, 0.05) is 30.3 Å². The number of benzene rings is 1. The first-order valence-electron chi connectivity index (χ1n) is 5.62. The van der Waals surface area contributed by atoms with Gasteiger partial charge in [0.25, 0.3) is 0 Å². The maximum absolute atomic E-state index is 9.23. The molecule has 0 radical (unpaired) electrons. The average molecular weight is 219 g/mol. The first-order valence-corrected chi connectivity index (χ1v) is 5.62. The zero-order valence-electron chi connectivity index (χ0n) is 9.52. The van der Waals surface area contributed by atoms with Crippen molar-refractivity contribution in [3.8, 4) is 0 Å². The van der Waals surface area contributed by atoms with Gasteiger partial charge in [0.15, 0.2) is 0 Å².